The zero-order valence-corrected chi connectivity index (χ0v) is 15.1. The second kappa shape index (κ2) is 7.00. The molecule has 0 bridgehead atoms. The molecule has 130 valence electrons. The summed E-state index contributed by atoms with van der Waals surface area (Å²) in [6.07, 6.45) is 5.78. The summed E-state index contributed by atoms with van der Waals surface area (Å²) < 4.78 is 5.53. The molecular weight excluding hydrogens is 298 g/mol. The Hall–Kier alpha value is -1.77. The van der Waals surface area contributed by atoms with Gasteiger partial charge in [-0.25, -0.2) is 4.79 Å². The number of hydrogen-bond acceptors (Lipinski definition) is 2. The standard InChI is InChI=1S/C21H29NO2/c1-15-12-16-8-7-11-21(2,3)19(16)13-17(15)14-24-20(23)22-18-9-5-4-6-10-18/h4-6,9-10,15,17H,7-8,11-14H2,1-3H3,(H,22,23)/t15-,17+/m0/s1. The number of rotatable bonds is 3. The molecule has 3 heteroatoms. The van der Waals surface area contributed by atoms with Gasteiger partial charge in [0.05, 0.1) is 6.61 Å². The van der Waals surface area contributed by atoms with Crippen LogP contribution in [-0.4, -0.2) is 12.7 Å². The molecule has 3 rings (SSSR count). The summed E-state index contributed by atoms with van der Waals surface area (Å²) in [5, 5.41) is 2.80. The summed E-state index contributed by atoms with van der Waals surface area (Å²) in [4.78, 5) is 12.0. The van der Waals surface area contributed by atoms with Gasteiger partial charge >= 0.3 is 6.09 Å². The van der Waals surface area contributed by atoms with E-state index in [0.717, 1.165) is 12.1 Å². The highest BCUT2D eigenvalue weighted by Crippen LogP contribution is 2.49. The van der Waals surface area contributed by atoms with Crippen molar-refractivity contribution < 1.29 is 9.53 Å². The van der Waals surface area contributed by atoms with Gasteiger partial charge < -0.3 is 4.74 Å². The number of benzene rings is 1. The highest BCUT2D eigenvalue weighted by molar-refractivity contribution is 5.84. The summed E-state index contributed by atoms with van der Waals surface area (Å²) in [7, 11) is 0. The van der Waals surface area contributed by atoms with E-state index in [1.54, 1.807) is 11.1 Å². The number of amides is 1. The van der Waals surface area contributed by atoms with Crippen molar-refractivity contribution in [2.75, 3.05) is 11.9 Å². The molecule has 2 aliphatic rings. The fourth-order valence-electron chi connectivity index (χ4n) is 4.27. The topological polar surface area (TPSA) is 38.3 Å². The summed E-state index contributed by atoms with van der Waals surface area (Å²) in [6.45, 7) is 7.55. The summed E-state index contributed by atoms with van der Waals surface area (Å²) in [6, 6.07) is 9.46. The summed E-state index contributed by atoms with van der Waals surface area (Å²) in [5.41, 5.74) is 4.42. The fraction of sp³-hybridized carbons (Fsp3) is 0.571. The molecule has 1 N–H and O–H groups in total. The molecule has 1 aromatic rings. The van der Waals surface area contributed by atoms with E-state index in [4.69, 9.17) is 4.74 Å². The molecule has 24 heavy (non-hydrogen) atoms. The molecule has 0 saturated heterocycles. The molecule has 0 aliphatic heterocycles. The van der Waals surface area contributed by atoms with Crippen LogP contribution in [0.3, 0.4) is 0 Å². The van der Waals surface area contributed by atoms with Crippen LogP contribution in [0.15, 0.2) is 41.5 Å². The number of carbonyl (C=O) groups excluding carboxylic acids is 1. The molecule has 3 nitrogen and oxygen atoms in total. The quantitative estimate of drug-likeness (QED) is 0.714. The second-order valence-electron chi connectivity index (χ2n) is 8.05. The van der Waals surface area contributed by atoms with Crippen LogP contribution in [0.4, 0.5) is 10.5 Å². The first-order valence-corrected chi connectivity index (χ1v) is 9.16. The van der Waals surface area contributed by atoms with Crippen LogP contribution < -0.4 is 5.32 Å². The van der Waals surface area contributed by atoms with Crippen LogP contribution in [0.25, 0.3) is 0 Å². The van der Waals surface area contributed by atoms with E-state index in [1.807, 2.05) is 30.3 Å². The van der Waals surface area contributed by atoms with Gasteiger partial charge in [-0.1, -0.05) is 50.1 Å². The average Bonchev–Trinajstić information content (AvgIpc) is 2.54. The van der Waals surface area contributed by atoms with Crippen molar-refractivity contribution >= 4 is 11.8 Å². The minimum atomic E-state index is -0.351. The Labute approximate surface area is 145 Å². The Morgan fingerprint density at radius 2 is 2.00 bits per heavy atom. The predicted octanol–water partition coefficient (Wildman–Crippen LogP) is 5.79. The first-order valence-electron chi connectivity index (χ1n) is 9.16. The molecule has 0 unspecified atom stereocenters. The zero-order valence-electron chi connectivity index (χ0n) is 15.1. The molecule has 1 aromatic carbocycles. The van der Waals surface area contributed by atoms with E-state index in [-0.39, 0.29) is 6.09 Å². The van der Waals surface area contributed by atoms with E-state index in [9.17, 15) is 4.79 Å². The number of para-hydroxylation sites is 1. The third kappa shape index (κ3) is 3.82. The van der Waals surface area contributed by atoms with Crippen molar-refractivity contribution in [3.05, 3.63) is 41.5 Å². The highest BCUT2D eigenvalue weighted by Gasteiger charge is 2.36. The lowest BCUT2D eigenvalue weighted by Gasteiger charge is -2.42. The lowest BCUT2D eigenvalue weighted by Crippen LogP contribution is -2.32. The molecule has 0 saturated carbocycles. The SMILES string of the molecule is C[C@H]1CC2=C(C[C@@H]1COC(=O)Nc1ccccc1)C(C)(C)CCC2. The normalized spacial score (nSPS) is 25.8. The molecule has 0 aromatic heterocycles. The molecule has 0 fully saturated rings. The van der Waals surface area contributed by atoms with E-state index in [0.29, 0.717) is 23.9 Å². The third-order valence-electron chi connectivity index (χ3n) is 5.81. The van der Waals surface area contributed by atoms with Crippen LogP contribution in [0.1, 0.15) is 52.9 Å². The molecule has 0 heterocycles. The van der Waals surface area contributed by atoms with Crippen molar-refractivity contribution in [2.24, 2.45) is 17.3 Å². The summed E-state index contributed by atoms with van der Waals surface area (Å²) >= 11 is 0. The van der Waals surface area contributed by atoms with Gasteiger partial charge in [-0.3, -0.25) is 5.32 Å². The van der Waals surface area contributed by atoms with Gasteiger partial charge in [0.15, 0.2) is 0 Å². The Morgan fingerprint density at radius 1 is 1.25 bits per heavy atom. The Kier molecular flexibility index (Phi) is 4.98. The van der Waals surface area contributed by atoms with Gasteiger partial charge in [-0.05, 0) is 61.5 Å². The third-order valence-corrected chi connectivity index (χ3v) is 5.81. The maximum atomic E-state index is 12.0. The van der Waals surface area contributed by atoms with E-state index in [1.165, 1.54) is 25.7 Å². The van der Waals surface area contributed by atoms with Gasteiger partial charge in [0, 0.05) is 5.69 Å². The first-order chi connectivity index (χ1) is 11.5. The molecular formula is C21H29NO2. The van der Waals surface area contributed by atoms with Gasteiger partial charge in [0.2, 0.25) is 0 Å². The molecule has 2 atom stereocenters. The lowest BCUT2D eigenvalue weighted by molar-refractivity contribution is 0.115. The second-order valence-corrected chi connectivity index (χ2v) is 8.05. The maximum absolute atomic E-state index is 12.0. The van der Waals surface area contributed by atoms with Crippen molar-refractivity contribution in [1.29, 1.82) is 0 Å². The minimum absolute atomic E-state index is 0.318. The molecule has 0 radical (unpaired) electrons. The van der Waals surface area contributed by atoms with Gasteiger partial charge in [0.25, 0.3) is 0 Å². The fourth-order valence-corrected chi connectivity index (χ4v) is 4.27. The molecule has 2 aliphatic carbocycles. The molecule has 1 amide bonds. The predicted molar refractivity (Wildman–Crippen MR) is 98.0 cm³/mol. The van der Waals surface area contributed by atoms with Crippen LogP contribution in [-0.2, 0) is 4.74 Å². The van der Waals surface area contributed by atoms with Gasteiger partial charge in [-0.15, -0.1) is 0 Å². The highest BCUT2D eigenvalue weighted by atomic mass is 16.5. The van der Waals surface area contributed by atoms with Gasteiger partial charge in [-0.2, -0.15) is 0 Å². The first kappa shape index (κ1) is 17.1. The van der Waals surface area contributed by atoms with Crippen LogP contribution >= 0.6 is 0 Å². The van der Waals surface area contributed by atoms with E-state index < -0.39 is 0 Å². The van der Waals surface area contributed by atoms with Crippen molar-refractivity contribution in [3.8, 4) is 0 Å². The van der Waals surface area contributed by atoms with Crippen molar-refractivity contribution in [1.82, 2.24) is 0 Å². The van der Waals surface area contributed by atoms with E-state index in [2.05, 4.69) is 26.1 Å². The number of allylic oxidation sites excluding steroid dienone is 2. The summed E-state index contributed by atoms with van der Waals surface area (Å²) in [5.74, 6) is 1.02. The van der Waals surface area contributed by atoms with Crippen molar-refractivity contribution in [2.45, 2.75) is 52.9 Å². The Balaban J connectivity index is 1.58. The number of carbonyl (C=O) groups is 1. The smallest absolute Gasteiger partial charge is 0.411 e. The number of ether oxygens (including phenoxy) is 1. The Bertz CT molecular complexity index is 618. The van der Waals surface area contributed by atoms with Gasteiger partial charge in [0.1, 0.15) is 0 Å². The van der Waals surface area contributed by atoms with Crippen LogP contribution in [0, 0.1) is 17.3 Å². The minimum Gasteiger partial charge on any atom is -0.449 e. The van der Waals surface area contributed by atoms with E-state index >= 15 is 0 Å². The van der Waals surface area contributed by atoms with Crippen molar-refractivity contribution in [3.63, 3.8) is 0 Å². The Morgan fingerprint density at radius 3 is 2.75 bits per heavy atom. The zero-order chi connectivity index (χ0) is 17.2. The number of anilines is 1. The lowest BCUT2D eigenvalue weighted by atomic mass is 9.63. The van der Waals surface area contributed by atoms with Crippen LogP contribution in [0.5, 0.6) is 0 Å². The van der Waals surface area contributed by atoms with Crippen LogP contribution in [0.2, 0.25) is 0 Å². The maximum Gasteiger partial charge on any atom is 0.411 e. The average molecular weight is 327 g/mol. The monoisotopic (exact) mass is 327 g/mol. The molecule has 0 spiro atoms. The largest absolute Gasteiger partial charge is 0.449 e. The number of hydrogen-bond donors (Lipinski definition) is 1. The number of nitrogens with one attached hydrogen (secondary N) is 1.